The highest BCUT2D eigenvalue weighted by atomic mass is 19.4. The Hall–Kier alpha value is -3.45. The summed E-state index contributed by atoms with van der Waals surface area (Å²) in [6.07, 6.45) is -15.8. The van der Waals surface area contributed by atoms with Crippen LogP contribution < -0.4 is 4.90 Å². The third-order valence-corrected chi connectivity index (χ3v) is 6.58. The van der Waals surface area contributed by atoms with Crippen molar-refractivity contribution in [3.63, 3.8) is 0 Å². The van der Waals surface area contributed by atoms with E-state index in [0.29, 0.717) is 12.1 Å². The van der Waals surface area contributed by atoms with Crippen LogP contribution in [0.25, 0.3) is 0 Å². The van der Waals surface area contributed by atoms with Gasteiger partial charge in [0.25, 0.3) is 0 Å². The molecule has 1 heterocycles. The third kappa shape index (κ3) is 7.68. The fraction of sp³-hybridized carbons (Fsp3) is 0.500. The highest BCUT2D eigenvalue weighted by Crippen LogP contribution is 2.44. The van der Waals surface area contributed by atoms with E-state index < -0.39 is 71.0 Å². The Morgan fingerprint density at radius 2 is 1.43 bits per heavy atom. The summed E-state index contributed by atoms with van der Waals surface area (Å²) in [5, 5.41) is 0. The monoisotopic (exact) mass is 612 g/mol. The maximum Gasteiger partial charge on any atom is 0.416 e. The van der Waals surface area contributed by atoms with Crippen molar-refractivity contribution in [1.29, 1.82) is 0 Å². The Balaban J connectivity index is 2.20. The SMILES string of the molecule is CC(=O)N(Cc1cc(C(F)(F)F)cc(C(F)(F)F)c1)[C@@H]1CCCN(C(=O)OC(C)(C)C)c2cc(C(F)(F)F)c(C)cc21. The Bertz CT molecular complexity index is 1310. The van der Waals surface area contributed by atoms with Crippen molar-refractivity contribution in [2.75, 3.05) is 11.4 Å². The molecule has 42 heavy (non-hydrogen) atoms. The number of hydrogen-bond acceptors (Lipinski definition) is 3. The molecule has 2 amide bonds. The number of alkyl halides is 9. The van der Waals surface area contributed by atoms with E-state index in [0.717, 1.165) is 28.9 Å². The second-order valence-corrected chi connectivity index (χ2v) is 11.1. The Morgan fingerprint density at radius 3 is 1.88 bits per heavy atom. The molecule has 0 unspecified atom stereocenters. The lowest BCUT2D eigenvalue weighted by atomic mass is 9.94. The van der Waals surface area contributed by atoms with E-state index in [9.17, 15) is 49.1 Å². The summed E-state index contributed by atoms with van der Waals surface area (Å²) in [6, 6.07) is 1.74. The van der Waals surface area contributed by atoms with Crippen LogP contribution in [0.15, 0.2) is 30.3 Å². The number of hydrogen-bond donors (Lipinski definition) is 0. The molecule has 1 aliphatic rings. The van der Waals surface area contributed by atoms with E-state index in [1.807, 2.05) is 0 Å². The third-order valence-electron chi connectivity index (χ3n) is 6.58. The Kier molecular flexibility index (Phi) is 8.91. The number of halogens is 9. The van der Waals surface area contributed by atoms with Gasteiger partial charge in [0.2, 0.25) is 5.91 Å². The fourth-order valence-corrected chi connectivity index (χ4v) is 4.82. The molecule has 1 aliphatic heterocycles. The molecule has 0 N–H and O–H groups in total. The van der Waals surface area contributed by atoms with Crippen LogP contribution in [0, 0.1) is 6.92 Å². The van der Waals surface area contributed by atoms with Crippen molar-refractivity contribution >= 4 is 17.7 Å². The van der Waals surface area contributed by atoms with Crippen molar-refractivity contribution in [1.82, 2.24) is 4.90 Å². The number of ether oxygens (including phenoxy) is 1. The van der Waals surface area contributed by atoms with Gasteiger partial charge in [-0.15, -0.1) is 0 Å². The Labute approximate surface area is 236 Å². The van der Waals surface area contributed by atoms with E-state index in [-0.39, 0.29) is 42.3 Å². The molecule has 0 saturated heterocycles. The second-order valence-electron chi connectivity index (χ2n) is 11.1. The molecular weight excluding hydrogens is 583 g/mol. The molecule has 5 nitrogen and oxygen atoms in total. The van der Waals surface area contributed by atoms with E-state index >= 15 is 0 Å². The standard InChI is InChI=1S/C28H29F9N2O3/c1-15-9-20-22(7-6-8-38(24(41)42-25(3,4)5)23(20)13-21(15)28(35,36)37)39(16(2)40)14-17-10-18(26(29,30)31)12-19(11-17)27(32,33)34/h9-13,22H,6-8,14H2,1-5H3/t22-/m1/s1. The zero-order valence-corrected chi connectivity index (χ0v) is 23.3. The first-order valence-corrected chi connectivity index (χ1v) is 12.8. The first-order chi connectivity index (χ1) is 19.0. The number of carbonyl (C=O) groups excluding carboxylic acids is 2. The molecule has 2 aromatic carbocycles. The number of aryl methyl sites for hydroxylation is 1. The van der Waals surface area contributed by atoms with Crippen molar-refractivity contribution < 1.29 is 53.8 Å². The van der Waals surface area contributed by atoms with Crippen molar-refractivity contribution in [3.8, 4) is 0 Å². The summed E-state index contributed by atoms with van der Waals surface area (Å²) >= 11 is 0. The number of carbonyl (C=O) groups is 2. The smallest absolute Gasteiger partial charge is 0.416 e. The largest absolute Gasteiger partial charge is 0.443 e. The Morgan fingerprint density at radius 1 is 0.881 bits per heavy atom. The highest BCUT2D eigenvalue weighted by molar-refractivity contribution is 5.90. The predicted molar refractivity (Wildman–Crippen MR) is 134 cm³/mol. The number of nitrogens with zero attached hydrogens (tertiary/aromatic N) is 2. The molecule has 14 heteroatoms. The van der Waals surface area contributed by atoms with Crippen LogP contribution in [-0.2, 0) is 34.6 Å². The van der Waals surface area contributed by atoms with Gasteiger partial charge in [-0.3, -0.25) is 9.69 Å². The van der Waals surface area contributed by atoms with Gasteiger partial charge in [-0.1, -0.05) is 6.07 Å². The van der Waals surface area contributed by atoms with Crippen LogP contribution in [0.4, 0.5) is 50.0 Å². The zero-order chi connectivity index (χ0) is 32.0. The minimum absolute atomic E-state index is 0.0384. The first-order valence-electron chi connectivity index (χ1n) is 12.8. The van der Waals surface area contributed by atoms with Gasteiger partial charge in [0, 0.05) is 20.0 Å². The van der Waals surface area contributed by atoms with E-state index in [2.05, 4.69) is 0 Å². The summed E-state index contributed by atoms with van der Waals surface area (Å²) in [7, 11) is 0. The van der Waals surface area contributed by atoms with Gasteiger partial charge < -0.3 is 9.64 Å². The minimum atomic E-state index is -5.12. The number of fused-ring (bicyclic) bond motifs is 1. The van der Waals surface area contributed by atoms with E-state index in [1.54, 1.807) is 20.8 Å². The lowest BCUT2D eigenvalue weighted by Crippen LogP contribution is -2.38. The number of rotatable bonds is 3. The van der Waals surface area contributed by atoms with Gasteiger partial charge in [0.05, 0.1) is 28.4 Å². The lowest BCUT2D eigenvalue weighted by Gasteiger charge is -2.33. The first kappa shape index (κ1) is 33.1. The minimum Gasteiger partial charge on any atom is -0.443 e. The number of amides is 2. The molecule has 2 aromatic rings. The van der Waals surface area contributed by atoms with E-state index in [4.69, 9.17) is 4.74 Å². The summed E-state index contributed by atoms with van der Waals surface area (Å²) in [5.41, 5.74) is -6.09. The second kappa shape index (κ2) is 11.3. The predicted octanol–water partition coefficient (Wildman–Crippen LogP) is 8.68. The van der Waals surface area contributed by atoms with Crippen LogP contribution in [0.2, 0.25) is 0 Å². The molecule has 0 aliphatic carbocycles. The van der Waals surface area contributed by atoms with Crippen molar-refractivity contribution in [2.24, 2.45) is 0 Å². The van der Waals surface area contributed by atoms with Gasteiger partial charge in [0.1, 0.15) is 5.60 Å². The molecule has 0 aromatic heterocycles. The van der Waals surface area contributed by atoms with E-state index in [1.165, 1.54) is 6.92 Å². The van der Waals surface area contributed by atoms with Crippen molar-refractivity contribution in [3.05, 3.63) is 63.7 Å². The fourth-order valence-electron chi connectivity index (χ4n) is 4.82. The van der Waals surface area contributed by atoms with Crippen LogP contribution >= 0.6 is 0 Å². The van der Waals surface area contributed by atoms with Crippen LogP contribution in [0.5, 0.6) is 0 Å². The summed E-state index contributed by atoms with van der Waals surface area (Å²) < 4.78 is 128. The molecule has 0 saturated carbocycles. The molecule has 0 fully saturated rings. The van der Waals surface area contributed by atoms with Gasteiger partial charge in [-0.25, -0.2) is 4.79 Å². The molecule has 3 rings (SSSR count). The van der Waals surface area contributed by atoms with Crippen LogP contribution in [0.3, 0.4) is 0 Å². The van der Waals surface area contributed by atoms with Gasteiger partial charge >= 0.3 is 24.6 Å². The average molecular weight is 613 g/mol. The molecule has 0 bridgehead atoms. The number of benzene rings is 2. The maximum atomic E-state index is 13.9. The van der Waals surface area contributed by atoms with Crippen LogP contribution in [0.1, 0.15) is 80.0 Å². The van der Waals surface area contributed by atoms with Gasteiger partial charge in [-0.05, 0) is 81.5 Å². The zero-order valence-electron chi connectivity index (χ0n) is 23.3. The summed E-state index contributed by atoms with van der Waals surface area (Å²) in [4.78, 5) is 27.9. The topological polar surface area (TPSA) is 49.9 Å². The molecular formula is C28H29F9N2O3. The summed E-state index contributed by atoms with van der Waals surface area (Å²) in [5.74, 6) is -0.750. The normalized spacial score (nSPS) is 16.5. The number of anilines is 1. The quantitative estimate of drug-likeness (QED) is 0.326. The van der Waals surface area contributed by atoms with Gasteiger partial charge in [-0.2, -0.15) is 39.5 Å². The highest BCUT2D eigenvalue weighted by Gasteiger charge is 2.40. The average Bonchev–Trinajstić information content (AvgIpc) is 2.98. The van der Waals surface area contributed by atoms with Crippen LogP contribution in [-0.4, -0.2) is 29.0 Å². The molecule has 232 valence electrons. The maximum absolute atomic E-state index is 13.9. The molecule has 0 radical (unpaired) electrons. The molecule has 0 spiro atoms. The molecule has 1 atom stereocenters. The lowest BCUT2D eigenvalue weighted by molar-refractivity contribution is -0.143. The van der Waals surface area contributed by atoms with Gasteiger partial charge in [0.15, 0.2) is 0 Å². The van der Waals surface area contributed by atoms with Crippen molar-refractivity contribution in [2.45, 2.75) is 84.2 Å². The summed E-state index contributed by atoms with van der Waals surface area (Å²) in [6.45, 7) is 6.07.